The predicted molar refractivity (Wildman–Crippen MR) is 98.8 cm³/mol. The summed E-state index contributed by atoms with van der Waals surface area (Å²) >= 11 is 0. The maximum absolute atomic E-state index is 12.2. The van der Waals surface area contributed by atoms with E-state index in [1.807, 2.05) is 30.3 Å². The Kier molecular flexibility index (Phi) is 6.21. The summed E-state index contributed by atoms with van der Waals surface area (Å²) in [6, 6.07) is 9.10. The van der Waals surface area contributed by atoms with Crippen LogP contribution in [-0.2, 0) is 14.6 Å². The number of carbonyl (C=O) groups excluding carboxylic acids is 1. The predicted octanol–water partition coefficient (Wildman–Crippen LogP) is 1.74. The zero-order valence-electron chi connectivity index (χ0n) is 14.5. The second kappa shape index (κ2) is 8.17. The van der Waals surface area contributed by atoms with Gasteiger partial charge in [0.1, 0.15) is 11.6 Å². The fourth-order valence-electron chi connectivity index (χ4n) is 2.86. The SMILES string of the molecule is CCN(CC)c1ccc(/C=C(/C#N)C(=O)NC2CCS(=O)(=O)C2)cc1. The van der Waals surface area contributed by atoms with Crippen LogP contribution < -0.4 is 10.2 Å². The van der Waals surface area contributed by atoms with Gasteiger partial charge in [-0.05, 0) is 44.0 Å². The van der Waals surface area contributed by atoms with Crippen molar-refractivity contribution in [1.82, 2.24) is 5.32 Å². The first kappa shape index (κ1) is 19.0. The number of nitrogens with one attached hydrogen (secondary N) is 1. The van der Waals surface area contributed by atoms with Crippen LogP contribution in [0, 0.1) is 11.3 Å². The fraction of sp³-hybridized carbons (Fsp3) is 0.444. The van der Waals surface area contributed by atoms with E-state index in [0.717, 1.165) is 24.3 Å². The fourth-order valence-corrected chi connectivity index (χ4v) is 4.53. The molecule has 1 aromatic carbocycles. The molecule has 2 rings (SSSR count). The normalized spacial score (nSPS) is 19.2. The Morgan fingerprint density at radius 3 is 2.44 bits per heavy atom. The second-order valence-electron chi connectivity index (χ2n) is 6.01. The Labute approximate surface area is 149 Å². The molecular formula is C18H23N3O3S. The summed E-state index contributed by atoms with van der Waals surface area (Å²) in [6.07, 6.45) is 1.91. The molecule has 1 unspecified atom stereocenters. The first-order valence-electron chi connectivity index (χ1n) is 8.36. The third kappa shape index (κ3) is 5.07. The molecule has 6 nitrogen and oxygen atoms in total. The van der Waals surface area contributed by atoms with E-state index in [1.54, 1.807) is 0 Å². The van der Waals surface area contributed by atoms with Gasteiger partial charge in [0.05, 0.1) is 11.5 Å². The van der Waals surface area contributed by atoms with Crippen molar-refractivity contribution in [3.8, 4) is 6.07 Å². The highest BCUT2D eigenvalue weighted by atomic mass is 32.2. The minimum Gasteiger partial charge on any atom is -0.372 e. The highest BCUT2D eigenvalue weighted by molar-refractivity contribution is 7.91. The Morgan fingerprint density at radius 2 is 1.96 bits per heavy atom. The van der Waals surface area contributed by atoms with E-state index in [9.17, 15) is 18.5 Å². The molecule has 0 aromatic heterocycles. The van der Waals surface area contributed by atoms with Gasteiger partial charge >= 0.3 is 0 Å². The van der Waals surface area contributed by atoms with Gasteiger partial charge in [-0.1, -0.05) is 12.1 Å². The minimum absolute atomic E-state index is 0.0279. The number of hydrogen-bond donors (Lipinski definition) is 1. The number of anilines is 1. The van der Waals surface area contributed by atoms with E-state index >= 15 is 0 Å². The Morgan fingerprint density at radius 1 is 1.32 bits per heavy atom. The minimum atomic E-state index is -3.07. The molecule has 1 aromatic rings. The third-order valence-electron chi connectivity index (χ3n) is 4.27. The van der Waals surface area contributed by atoms with Gasteiger partial charge in [-0.2, -0.15) is 5.26 Å². The summed E-state index contributed by atoms with van der Waals surface area (Å²) in [6.45, 7) is 5.97. The molecule has 1 fully saturated rings. The number of nitrogens with zero attached hydrogens (tertiary/aromatic N) is 2. The van der Waals surface area contributed by atoms with Crippen molar-refractivity contribution in [2.24, 2.45) is 0 Å². The van der Waals surface area contributed by atoms with E-state index < -0.39 is 21.8 Å². The van der Waals surface area contributed by atoms with Gasteiger partial charge in [-0.25, -0.2) is 8.42 Å². The summed E-state index contributed by atoms with van der Waals surface area (Å²) in [4.78, 5) is 14.4. The van der Waals surface area contributed by atoms with Crippen molar-refractivity contribution in [1.29, 1.82) is 5.26 Å². The maximum atomic E-state index is 12.2. The number of benzene rings is 1. The first-order chi connectivity index (χ1) is 11.9. The van der Waals surface area contributed by atoms with Crippen molar-refractivity contribution in [2.45, 2.75) is 26.3 Å². The summed E-state index contributed by atoms with van der Waals surface area (Å²) < 4.78 is 22.9. The van der Waals surface area contributed by atoms with Crippen LogP contribution in [0.15, 0.2) is 29.8 Å². The van der Waals surface area contributed by atoms with E-state index in [1.165, 1.54) is 6.08 Å². The molecular weight excluding hydrogens is 338 g/mol. The highest BCUT2D eigenvalue weighted by Crippen LogP contribution is 2.17. The van der Waals surface area contributed by atoms with Crippen LogP contribution in [-0.4, -0.2) is 45.0 Å². The third-order valence-corrected chi connectivity index (χ3v) is 6.03. The second-order valence-corrected chi connectivity index (χ2v) is 8.24. The van der Waals surface area contributed by atoms with Crippen molar-refractivity contribution in [3.63, 3.8) is 0 Å². The molecule has 25 heavy (non-hydrogen) atoms. The lowest BCUT2D eigenvalue weighted by Gasteiger charge is -2.20. The van der Waals surface area contributed by atoms with Crippen LogP contribution in [0.4, 0.5) is 5.69 Å². The summed E-state index contributed by atoms with van der Waals surface area (Å²) in [5, 5.41) is 11.9. The molecule has 0 bridgehead atoms. The number of carbonyl (C=O) groups is 1. The average Bonchev–Trinajstić information content (AvgIpc) is 2.93. The van der Waals surface area contributed by atoms with Gasteiger partial charge in [0.15, 0.2) is 9.84 Å². The largest absolute Gasteiger partial charge is 0.372 e. The molecule has 1 N–H and O–H groups in total. The molecule has 7 heteroatoms. The van der Waals surface area contributed by atoms with Crippen LogP contribution in [0.3, 0.4) is 0 Å². The van der Waals surface area contributed by atoms with E-state index in [4.69, 9.17) is 0 Å². The lowest BCUT2D eigenvalue weighted by atomic mass is 10.1. The Bertz CT molecular complexity index is 788. The van der Waals surface area contributed by atoms with Crippen molar-refractivity contribution >= 4 is 27.5 Å². The van der Waals surface area contributed by atoms with E-state index in [-0.39, 0.29) is 17.1 Å². The molecule has 0 saturated carbocycles. The molecule has 1 aliphatic rings. The van der Waals surface area contributed by atoms with Gasteiger partial charge in [0.2, 0.25) is 0 Å². The van der Waals surface area contributed by atoms with Gasteiger partial charge < -0.3 is 10.2 Å². The molecule has 0 radical (unpaired) electrons. The number of rotatable bonds is 6. The summed E-state index contributed by atoms with van der Waals surface area (Å²) in [5.41, 5.74) is 1.81. The molecule has 0 spiro atoms. The monoisotopic (exact) mass is 361 g/mol. The Balaban J connectivity index is 2.09. The molecule has 1 amide bonds. The molecule has 1 heterocycles. The van der Waals surface area contributed by atoms with Crippen molar-refractivity contribution in [2.75, 3.05) is 29.5 Å². The zero-order valence-corrected chi connectivity index (χ0v) is 15.3. The molecule has 0 aliphatic carbocycles. The van der Waals surface area contributed by atoms with E-state index in [2.05, 4.69) is 24.1 Å². The van der Waals surface area contributed by atoms with Crippen LogP contribution >= 0.6 is 0 Å². The number of amides is 1. The van der Waals surface area contributed by atoms with Crippen LogP contribution in [0.5, 0.6) is 0 Å². The van der Waals surface area contributed by atoms with Crippen LogP contribution in [0.1, 0.15) is 25.8 Å². The molecule has 1 atom stereocenters. The zero-order chi connectivity index (χ0) is 18.4. The summed E-state index contributed by atoms with van der Waals surface area (Å²) in [5.74, 6) is -0.510. The number of nitriles is 1. The van der Waals surface area contributed by atoms with Crippen molar-refractivity contribution < 1.29 is 13.2 Å². The topological polar surface area (TPSA) is 90.3 Å². The Hall–Kier alpha value is -2.33. The lowest BCUT2D eigenvalue weighted by molar-refractivity contribution is -0.117. The van der Waals surface area contributed by atoms with E-state index in [0.29, 0.717) is 6.42 Å². The van der Waals surface area contributed by atoms with Gasteiger partial charge in [-0.3, -0.25) is 4.79 Å². The lowest BCUT2D eigenvalue weighted by Crippen LogP contribution is -2.36. The van der Waals surface area contributed by atoms with Crippen LogP contribution in [0.2, 0.25) is 0 Å². The first-order valence-corrected chi connectivity index (χ1v) is 10.2. The van der Waals surface area contributed by atoms with Gasteiger partial charge in [0.25, 0.3) is 5.91 Å². The molecule has 1 saturated heterocycles. The van der Waals surface area contributed by atoms with Crippen LogP contribution in [0.25, 0.3) is 6.08 Å². The molecule has 134 valence electrons. The quantitative estimate of drug-likeness (QED) is 0.616. The molecule has 1 aliphatic heterocycles. The van der Waals surface area contributed by atoms with Gasteiger partial charge in [0, 0.05) is 24.8 Å². The highest BCUT2D eigenvalue weighted by Gasteiger charge is 2.29. The smallest absolute Gasteiger partial charge is 0.262 e. The average molecular weight is 361 g/mol. The maximum Gasteiger partial charge on any atom is 0.262 e. The van der Waals surface area contributed by atoms with Crippen molar-refractivity contribution in [3.05, 3.63) is 35.4 Å². The standard InChI is InChI=1S/C18H23N3O3S/c1-3-21(4-2)17-7-5-14(6-8-17)11-15(12-19)18(22)20-16-9-10-25(23,24)13-16/h5-8,11,16H,3-4,9-10,13H2,1-2H3,(H,20,22)/b15-11-. The number of hydrogen-bond acceptors (Lipinski definition) is 5. The van der Waals surface area contributed by atoms with Gasteiger partial charge in [-0.15, -0.1) is 0 Å². The number of sulfone groups is 1. The summed E-state index contributed by atoms with van der Waals surface area (Å²) in [7, 11) is -3.07.